The predicted molar refractivity (Wildman–Crippen MR) is 98.4 cm³/mol. The maximum Gasteiger partial charge on any atom is 0.434 e. The molecule has 0 fully saturated rings. The van der Waals surface area contributed by atoms with Gasteiger partial charge >= 0.3 is 12.2 Å². The van der Waals surface area contributed by atoms with E-state index in [1.807, 2.05) is 30.3 Å². The fourth-order valence-electron chi connectivity index (χ4n) is 1.82. The fourth-order valence-corrected chi connectivity index (χ4v) is 1.82. The van der Waals surface area contributed by atoms with Crippen molar-refractivity contribution < 1.29 is 23.9 Å². The summed E-state index contributed by atoms with van der Waals surface area (Å²) in [6, 6.07) is 9.47. The van der Waals surface area contributed by atoms with Gasteiger partial charge in [0, 0.05) is 6.54 Å². The molecule has 0 heterocycles. The summed E-state index contributed by atoms with van der Waals surface area (Å²) >= 11 is 0. The minimum absolute atomic E-state index is 0.126. The summed E-state index contributed by atoms with van der Waals surface area (Å²) in [7, 11) is 0. The molecule has 0 aromatic heterocycles. The van der Waals surface area contributed by atoms with Gasteiger partial charge < -0.3 is 14.8 Å². The number of hydrogen-bond donors (Lipinski definition) is 1. The number of nitrogens with zero attached hydrogens (tertiary/aromatic N) is 1. The Balaban J connectivity index is 2.59. The molecule has 2 amide bonds. The lowest BCUT2D eigenvalue weighted by Crippen LogP contribution is -2.42. The molecule has 0 aliphatic heterocycles. The van der Waals surface area contributed by atoms with Crippen molar-refractivity contribution in [3.05, 3.63) is 35.9 Å². The molecule has 0 bridgehead atoms. The van der Waals surface area contributed by atoms with E-state index in [1.165, 1.54) is 0 Å². The highest BCUT2D eigenvalue weighted by Crippen LogP contribution is 2.12. The molecular formula is C19H30N2O5. The van der Waals surface area contributed by atoms with Gasteiger partial charge in [0.15, 0.2) is 0 Å². The number of hydroxylamine groups is 2. The summed E-state index contributed by atoms with van der Waals surface area (Å²) in [4.78, 5) is 29.6. The van der Waals surface area contributed by atoms with E-state index >= 15 is 0 Å². The molecule has 7 heteroatoms. The highest BCUT2D eigenvalue weighted by molar-refractivity contribution is 5.68. The van der Waals surface area contributed by atoms with E-state index in [4.69, 9.17) is 14.3 Å². The highest BCUT2D eigenvalue weighted by atomic mass is 16.7. The number of benzene rings is 1. The number of nitrogens with one attached hydrogen (secondary N) is 1. The van der Waals surface area contributed by atoms with Gasteiger partial charge in [-0.05, 0) is 47.1 Å². The van der Waals surface area contributed by atoms with E-state index in [1.54, 1.807) is 41.5 Å². The molecule has 0 aliphatic rings. The van der Waals surface area contributed by atoms with Crippen molar-refractivity contribution in [1.82, 2.24) is 10.4 Å². The molecule has 0 spiro atoms. The van der Waals surface area contributed by atoms with E-state index < -0.39 is 23.4 Å². The Kier molecular flexibility index (Phi) is 7.89. The Bertz CT molecular complexity index is 576. The SMILES string of the molecule is CC(C)(C)OC(=O)NCCN(OCc1ccccc1)C(=O)OC(C)(C)C. The first-order valence-corrected chi connectivity index (χ1v) is 8.60. The van der Waals surface area contributed by atoms with Crippen LogP contribution in [0.3, 0.4) is 0 Å². The maximum absolute atomic E-state index is 12.3. The van der Waals surface area contributed by atoms with Crippen LogP contribution in [0.5, 0.6) is 0 Å². The van der Waals surface area contributed by atoms with Crippen LogP contribution in [0.15, 0.2) is 30.3 Å². The minimum atomic E-state index is -0.649. The molecular weight excluding hydrogens is 336 g/mol. The molecule has 1 aromatic rings. The Morgan fingerprint density at radius 2 is 1.54 bits per heavy atom. The average molecular weight is 366 g/mol. The molecule has 0 atom stereocenters. The molecule has 146 valence electrons. The van der Waals surface area contributed by atoms with Gasteiger partial charge in [0.1, 0.15) is 17.8 Å². The first-order chi connectivity index (χ1) is 12.0. The summed E-state index contributed by atoms with van der Waals surface area (Å²) in [5, 5.41) is 3.70. The zero-order valence-electron chi connectivity index (χ0n) is 16.5. The predicted octanol–water partition coefficient (Wildman–Crippen LogP) is 3.88. The number of ether oxygens (including phenoxy) is 2. The van der Waals surface area contributed by atoms with Crippen LogP contribution in [0.1, 0.15) is 47.1 Å². The van der Waals surface area contributed by atoms with Crippen LogP contribution in [-0.2, 0) is 20.9 Å². The number of hydrogen-bond acceptors (Lipinski definition) is 5. The van der Waals surface area contributed by atoms with Crippen molar-refractivity contribution in [3.8, 4) is 0 Å². The molecule has 0 saturated heterocycles. The van der Waals surface area contributed by atoms with E-state index in [0.29, 0.717) is 0 Å². The van der Waals surface area contributed by atoms with Gasteiger partial charge in [-0.2, -0.15) is 5.06 Å². The van der Waals surface area contributed by atoms with E-state index in [-0.39, 0.29) is 19.7 Å². The van der Waals surface area contributed by atoms with Crippen LogP contribution in [0.4, 0.5) is 9.59 Å². The molecule has 0 aliphatic carbocycles. The van der Waals surface area contributed by atoms with Gasteiger partial charge in [0.25, 0.3) is 0 Å². The number of rotatable bonds is 6. The molecule has 26 heavy (non-hydrogen) atoms. The molecule has 1 aromatic carbocycles. The summed E-state index contributed by atoms with van der Waals surface area (Å²) in [6.45, 7) is 11.2. The number of carbonyl (C=O) groups is 2. The third-order valence-electron chi connectivity index (χ3n) is 2.81. The summed E-state index contributed by atoms with van der Waals surface area (Å²) in [6.07, 6.45) is -1.16. The molecule has 0 unspecified atom stereocenters. The highest BCUT2D eigenvalue weighted by Gasteiger charge is 2.23. The van der Waals surface area contributed by atoms with Crippen LogP contribution >= 0.6 is 0 Å². The zero-order chi connectivity index (χ0) is 19.8. The molecule has 7 nitrogen and oxygen atoms in total. The van der Waals surface area contributed by atoms with Crippen molar-refractivity contribution in [2.24, 2.45) is 0 Å². The second-order valence-corrected chi connectivity index (χ2v) is 7.77. The first kappa shape index (κ1) is 21.8. The van der Waals surface area contributed by atoms with Crippen LogP contribution < -0.4 is 5.32 Å². The van der Waals surface area contributed by atoms with E-state index in [0.717, 1.165) is 10.6 Å². The van der Waals surface area contributed by atoms with Crippen molar-refractivity contribution >= 4 is 12.2 Å². The van der Waals surface area contributed by atoms with Gasteiger partial charge in [-0.1, -0.05) is 30.3 Å². The lowest BCUT2D eigenvalue weighted by atomic mass is 10.2. The Hall–Kier alpha value is -2.28. The minimum Gasteiger partial charge on any atom is -0.444 e. The van der Waals surface area contributed by atoms with Crippen LogP contribution in [-0.4, -0.2) is 41.5 Å². The topological polar surface area (TPSA) is 77.1 Å². The largest absolute Gasteiger partial charge is 0.444 e. The van der Waals surface area contributed by atoms with Crippen molar-refractivity contribution in [2.75, 3.05) is 13.1 Å². The van der Waals surface area contributed by atoms with Crippen LogP contribution in [0.25, 0.3) is 0 Å². The molecule has 0 saturated carbocycles. The third-order valence-corrected chi connectivity index (χ3v) is 2.81. The van der Waals surface area contributed by atoms with Crippen LogP contribution in [0.2, 0.25) is 0 Å². The quantitative estimate of drug-likeness (QED) is 0.773. The Labute approximate surface area is 155 Å². The lowest BCUT2D eigenvalue weighted by Gasteiger charge is -2.27. The fraction of sp³-hybridized carbons (Fsp3) is 0.579. The maximum atomic E-state index is 12.3. The number of carbonyl (C=O) groups excluding carboxylic acids is 2. The Morgan fingerprint density at radius 1 is 0.962 bits per heavy atom. The third kappa shape index (κ3) is 9.88. The van der Waals surface area contributed by atoms with Crippen molar-refractivity contribution in [3.63, 3.8) is 0 Å². The van der Waals surface area contributed by atoms with Gasteiger partial charge in [-0.25, -0.2) is 9.59 Å². The molecule has 1 rings (SSSR count). The van der Waals surface area contributed by atoms with Gasteiger partial charge in [0.2, 0.25) is 0 Å². The van der Waals surface area contributed by atoms with Gasteiger partial charge in [-0.3, -0.25) is 4.84 Å². The summed E-state index contributed by atoms with van der Waals surface area (Å²) in [5.41, 5.74) is -0.316. The smallest absolute Gasteiger partial charge is 0.434 e. The number of amides is 2. The van der Waals surface area contributed by atoms with Crippen LogP contribution in [0, 0.1) is 0 Å². The first-order valence-electron chi connectivity index (χ1n) is 8.60. The molecule has 0 radical (unpaired) electrons. The Morgan fingerprint density at radius 3 is 2.08 bits per heavy atom. The normalized spacial score (nSPS) is 11.6. The summed E-state index contributed by atoms with van der Waals surface area (Å²) < 4.78 is 10.5. The zero-order valence-corrected chi connectivity index (χ0v) is 16.5. The van der Waals surface area contributed by atoms with Crippen molar-refractivity contribution in [2.45, 2.75) is 59.4 Å². The van der Waals surface area contributed by atoms with Crippen molar-refractivity contribution in [1.29, 1.82) is 0 Å². The van der Waals surface area contributed by atoms with Gasteiger partial charge in [0.05, 0.1) is 6.54 Å². The number of alkyl carbamates (subject to hydrolysis) is 1. The van der Waals surface area contributed by atoms with E-state index in [2.05, 4.69) is 5.32 Å². The summed E-state index contributed by atoms with van der Waals surface area (Å²) in [5.74, 6) is 0. The lowest BCUT2D eigenvalue weighted by molar-refractivity contribution is -0.155. The second-order valence-electron chi connectivity index (χ2n) is 7.77. The molecule has 1 N–H and O–H groups in total. The van der Waals surface area contributed by atoms with E-state index in [9.17, 15) is 9.59 Å². The van der Waals surface area contributed by atoms with Gasteiger partial charge in [-0.15, -0.1) is 0 Å². The standard InChI is InChI=1S/C19H30N2O5/c1-18(2,3)25-16(22)20-12-13-21(17(23)26-19(4,5)6)24-14-15-10-8-7-9-11-15/h7-11H,12-14H2,1-6H3,(H,20,22). The second kappa shape index (κ2) is 9.43. The average Bonchev–Trinajstić information content (AvgIpc) is 2.48. The monoisotopic (exact) mass is 366 g/mol.